The zero-order chi connectivity index (χ0) is 15.2. The van der Waals surface area contributed by atoms with Crippen LogP contribution in [0.5, 0.6) is 0 Å². The Bertz CT molecular complexity index is 489. The zero-order valence-corrected chi connectivity index (χ0v) is 12.7. The van der Waals surface area contributed by atoms with Gasteiger partial charge in [-0.3, -0.25) is 9.59 Å². The first-order chi connectivity index (χ1) is 10.0. The van der Waals surface area contributed by atoms with Crippen molar-refractivity contribution in [2.45, 2.75) is 52.1 Å². The number of benzene rings is 1. The minimum Gasteiger partial charge on any atom is -0.453 e. The lowest BCUT2D eigenvalue weighted by Crippen LogP contribution is -2.30. The van der Waals surface area contributed by atoms with E-state index in [1.165, 1.54) is 12.8 Å². The van der Waals surface area contributed by atoms with Crippen molar-refractivity contribution in [2.75, 3.05) is 5.32 Å². The number of carbonyl (C=O) groups excluding carboxylic acids is 2. The smallest absolute Gasteiger partial charge is 0.306 e. The third-order valence-electron chi connectivity index (χ3n) is 3.93. The second-order valence-electron chi connectivity index (χ2n) is 5.84. The van der Waals surface area contributed by atoms with E-state index in [4.69, 9.17) is 4.74 Å². The monoisotopic (exact) mass is 289 g/mol. The van der Waals surface area contributed by atoms with E-state index < -0.39 is 6.10 Å². The molecule has 4 heteroatoms. The molecule has 0 saturated heterocycles. The molecule has 1 aromatic carbocycles. The van der Waals surface area contributed by atoms with E-state index in [0.717, 1.165) is 18.4 Å². The topological polar surface area (TPSA) is 55.4 Å². The summed E-state index contributed by atoms with van der Waals surface area (Å²) in [6.45, 7) is 3.59. The Morgan fingerprint density at radius 1 is 1.24 bits per heavy atom. The molecule has 1 N–H and O–H groups in total. The number of nitrogens with one attached hydrogen (secondary N) is 1. The van der Waals surface area contributed by atoms with Crippen LogP contribution in [0.1, 0.15) is 44.6 Å². The maximum absolute atomic E-state index is 12.0. The van der Waals surface area contributed by atoms with E-state index in [9.17, 15) is 9.59 Å². The SMILES string of the molecule is Cc1ccc(NC(=O)[C@@H](C)OC(=O)CC2CCCC2)cc1. The standard InChI is InChI=1S/C17H23NO3/c1-12-7-9-15(10-8-12)18-17(20)13(2)21-16(19)11-14-5-3-4-6-14/h7-10,13-14H,3-6,11H2,1-2H3,(H,18,20)/t13-/m1/s1. The Morgan fingerprint density at radius 3 is 2.48 bits per heavy atom. The highest BCUT2D eigenvalue weighted by atomic mass is 16.5. The van der Waals surface area contributed by atoms with Crippen LogP contribution in [-0.2, 0) is 14.3 Å². The molecule has 114 valence electrons. The Morgan fingerprint density at radius 2 is 1.86 bits per heavy atom. The number of hydrogen-bond acceptors (Lipinski definition) is 3. The van der Waals surface area contributed by atoms with Crippen molar-refractivity contribution < 1.29 is 14.3 Å². The highest BCUT2D eigenvalue weighted by molar-refractivity contribution is 5.95. The maximum atomic E-state index is 12.0. The predicted octanol–water partition coefficient (Wildman–Crippen LogP) is 3.45. The van der Waals surface area contributed by atoms with Gasteiger partial charge >= 0.3 is 5.97 Å². The summed E-state index contributed by atoms with van der Waals surface area (Å²) in [5.74, 6) is -0.128. The molecule has 1 amide bonds. The number of esters is 1. The van der Waals surface area contributed by atoms with Crippen molar-refractivity contribution in [2.24, 2.45) is 5.92 Å². The summed E-state index contributed by atoms with van der Waals surface area (Å²) in [4.78, 5) is 23.8. The van der Waals surface area contributed by atoms with Gasteiger partial charge < -0.3 is 10.1 Å². The number of hydrogen-bond donors (Lipinski definition) is 1. The molecule has 1 saturated carbocycles. The van der Waals surface area contributed by atoms with Crippen LogP contribution in [0.15, 0.2) is 24.3 Å². The molecule has 1 aliphatic rings. The summed E-state index contributed by atoms with van der Waals surface area (Å²) in [5.41, 5.74) is 1.84. The molecule has 0 aliphatic heterocycles. The van der Waals surface area contributed by atoms with Crippen molar-refractivity contribution in [1.82, 2.24) is 0 Å². The highest BCUT2D eigenvalue weighted by Crippen LogP contribution is 2.27. The van der Waals surface area contributed by atoms with Crippen LogP contribution in [0, 0.1) is 12.8 Å². The van der Waals surface area contributed by atoms with Crippen LogP contribution >= 0.6 is 0 Å². The van der Waals surface area contributed by atoms with Crippen molar-refractivity contribution in [3.8, 4) is 0 Å². The van der Waals surface area contributed by atoms with Gasteiger partial charge in [0.05, 0.1) is 0 Å². The molecule has 1 atom stereocenters. The molecule has 0 bridgehead atoms. The Kier molecular flexibility index (Phi) is 5.37. The van der Waals surface area contributed by atoms with Gasteiger partial charge in [-0.2, -0.15) is 0 Å². The second-order valence-corrected chi connectivity index (χ2v) is 5.84. The van der Waals surface area contributed by atoms with E-state index in [-0.39, 0.29) is 11.9 Å². The number of aryl methyl sites for hydroxylation is 1. The molecule has 0 spiro atoms. The largest absolute Gasteiger partial charge is 0.453 e. The quantitative estimate of drug-likeness (QED) is 0.845. The van der Waals surface area contributed by atoms with Crippen LogP contribution < -0.4 is 5.32 Å². The van der Waals surface area contributed by atoms with E-state index in [1.807, 2.05) is 31.2 Å². The van der Waals surface area contributed by atoms with Gasteiger partial charge in [-0.05, 0) is 44.7 Å². The number of anilines is 1. The van der Waals surface area contributed by atoms with Crippen LogP contribution in [0.4, 0.5) is 5.69 Å². The molecule has 0 radical (unpaired) electrons. The zero-order valence-electron chi connectivity index (χ0n) is 12.7. The van der Waals surface area contributed by atoms with Gasteiger partial charge in [-0.1, -0.05) is 30.5 Å². The third kappa shape index (κ3) is 4.88. The fourth-order valence-electron chi connectivity index (χ4n) is 2.63. The highest BCUT2D eigenvalue weighted by Gasteiger charge is 2.22. The Balaban J connectivity index is 1.78. The van der Waals surface area contributed by atoms with E-state index in [0.29, 0.717) is 18.0 Å². The van der Waals surface area contributed by atoms with Gasteiger partial charge in [0.1, 0.15) is 0 Å². The van der Waals surface area contributed by atoms with Crippen LogP contribution in [0.2, 0.25) is 0 Å². The average molecular weight is 289 g/mol. The number of amides is 1. The fraction of sp³-hybridized carbons (Fsp3) is 0.529. The summed E-state index contributed by atoms with van der Waals surface area (Å²) in [7, 11) is 0. The Labute approximate surface area is 125 Å². The molecule has 0 unspecified atom stereocenters. The van der Waals surface area contributed by atoms with Gasteiger partial charge in [0.15, 0.2) is 6.10 Å². The summed E-state index contributed by atoms with van der Waals surface area (Å²) < 4.78 is 5.22. The van der Waals surface area contributed by atoms with Crippen molar-refractivity contribution >= 4 is 17.6 Å². The van der Waals surface area contributed by atoms with Crippen LogP contribution in [0.3, 0.4) is 0 Å². The van der Waals surface area contributed by atoms with E-state index in [1.54, 1.807) is 6.92 Å². The molecular weight excluding hydrogens is 266 g/mol. The van der Waals surface area contributed by atoms with E-state index >= 15 is 0 Å². The van der Waals surface area contributed by atoms with Gasteiger partial charge in [0, 0.05) is 12.1 Å². The second kappa shape index (κ2) is 7.25. The minimum absolute atomic E-state index is 0.270. The van der Waals surface area contributed by atoms with Crippen LogP contribution in [0.25, 0.3) is 0 Å². The number of rotatable bonds is 5. The fourth-order valence-corrected chi connectivity index (χ4v) is 2.63. The predicted molar refractivity (Wildman–Crippen MR) is 81.9 cm³/mol. The minimum atomic E-state index is -0.764. The Hall–Kier alpha value is -1.84. The number of ether oxygens (including phenoxy) is 1. The lowest BCUT2D eigenvalue weighted by Gasteiger charge is -2.15. The summed E-state index contributed by atoms with van der Waals surface area (Å²) >= 11 is 0. The molecule has 2 rings (SSSR count). The lowest BCUT2D eigenvalue weighted by molar-refractivity contribution is -0.154. The molecule has 4 nitrogen and oxygen atoms in total. The van der Waals surface area contributed by atoms with Gasteiger partial charge in [-0.15, -0.1) is 0 Å². The molecule has 1 aliphatic carbocycles. The molecule has 21 heavy (non-hydrogen) atoms. The molecule has 1 fully saturated rings. The van der Waals surface area contributed by atoms with Gasteiger partial charge in [0.25, 0.3) is 5.91 Å². The average Bonchev–Trinajstić information content (AvgIpc) is 2.94. The summed E-state index contributed by atoms with van der Waals surface area (Å²) in [6.07, 6.45) is 4.25. The third-order valence-corrected chi connectivity index (χ3v) is 3.93. The molecule has 1 aromatic rings. The number of carbonyl (C=O) groups is 2. The summed E-state index contributed by atoms with van der Waals surface area (Å²) in [5, 5.41) is 2.75. The van der Waals surface area contributed by atoms with Crippen LogP contribution in [-0.4, -0.2) is 18.0 Å². The normalized spacial score (nSPS) is 16.5. The van der Waals surface area contributed by atoms with Gasteiger partial charge in [0.2, 0.25) is 0 Å². The first-order valence-electron chi connectivity index (χ1n) is 7.61. The molecular formula is C17H23NO3. The van der Waals surface area contributed by atoms with E-state index in [2.05, 4.69) is 5.32 Å². The first-order valence-corrected chi connectivity index (χ1v) is 7.61. The first kappa shape index (κ1) is 15.5. The van der Waals surface area contributed by atoms with Crippen molar-refractivity contribution in [3.63, 3.8) is 0 Å². The van der Waals surface area contributed by atoms with Crippen molar-refractivity contribution in [3.05, 3.63) is 29.8 Å². The lowest BCUT2D eigenvalue weighted by atomic mass is 10.0. The molecule has 0 heterocycles. The maximum Gasteiger partial charge on any atom is 0.306 e. The summed E-state index contributed by atoms with van der Waals surface area (Å²) in [6, 6.07) is 7.51. The van der Waals surface area contributed by atoms with Gasteiger partial charge in [-0.25, -0.2) is 0 Å². The van der Waals surface area contributed by atoms with Crippen molar-refractivity contribution in [1.29, 1.82) is 0 Å². The molecule has 0 aromatic heterocycles.